The molecule has 2 heterocycles. The van der Waals surface area contributed by atoms with Crippen molar-refractivity contribution in [2.24, 2.45) is 0 Å². The fraction of sp³-hybridized carbons (Fsp3) is 0.533. The van der Waals surface area contributed by atoms with E-state index in [2.05, 4.69) is 10.2 Å². The molecule has 1 N–H and O–H groups in total. The van der Waals surface area contributed by atoms with Gasteiger partial charge in [0.25, 0.3) is 5.91 Å². The van der Waals surface area contributed by atoms with E-state index in [1.54, 1.807) is 51.5 Å². The molecular formula is C30H41N3O6. The third-order valence-corrected chi connectivity index (χ3v) is 7.86. The molecular weight excluding hydrogens is 498 g/mol. The molecule has 9 nitrogen and oxygen atoms in total. The number of benzene rings is 2. The molecule has 0 spiro atoms. The molecule has 2 aromatic carbocycles. The van der Waals surface area contributed by atoms with Gasteiger partial charge >= 0.3 is 0 Å². The van der Waals surface area contributed by atoms with Gasteiger partial charge in [-0.25, -0.2) is 0 Å². The molecule has 2 aromatic rings. The van der Waals surface area contributed by atoms with Gasteiger partial charge in [0.1, 0.15) is 0 Å². The molecule has 2 unspecified atom stereocenters. The van der Waals surface area contributed by atoms with Crippen molar-refractivity contribution in [3.8, 4) is 23.0 Å². The van der Waals surface area contributed by atoms with E-state index >= 15 is 0 Å². The van der Waals surface area contributed by atoms with Gasteiger partial charge in [-0.15, -0.1) is 0 Å². The fourth-order valence-corrected chi connectivity index (χ4v) is 5.77. The van der Waals surface area contributed by atoms with Crippen molar-refractivity contribution in [1.82, 2.24) is 15.1 Å². The van der Waals surface area contributed by atoms with E-state index in [1.165, 1.54) is 32.8 Å². The summed E-state index contributed by atoms with van der Waals surface area (Å²) in [6.07, 6.45) is 5.94. The van der Waals surface area contributed by atoms with Crippen molar-refractivity contribution < 1.29 is 28.5 Å². The SMILES string of the molecule is COc1ccc(C2C(C(=O)NCCCN3CCCCCC3)c3cc(OC)c(OC)cc3C(=O)N2C)cc1OC. The Kier molecular flexibility index (Phi) is 9.56. The van der Waals surface area contributed by atoms with E-state index in [0.717, 1.165) is 31.6 Å². The van der Waals surface area contributed by atoms with Crippen LogP contribution in [0.5, 0.6) is 23.0 Å². The molecule has 39 heavy (non-hydrogen) atoms. The van der Waals surface area contributed by atoms with Gasteiger partial charge in [0.2, 0.25) is 5.91 Å². The van der Waals surface area contributed by atoms with Crippen molar-refractivity contribution in [3.05, 3.63) is 47.0 Å². The average Bonchev–Trinajstić information content (AvgIpc) is 3.24. The first-order chi connectivity index (χ1) is 18.9. The van der Waals surface area contributed by atoms with Crippen LogP contribution in [0.15, 0.2) is 30.3 Å². The van der Waals surface area contributed by atoms with Crippen molar-refractivity contribution in [3.63, 3.8) is 0 Å². The zero-order chi connectivity index (χ0) is 27.9. The van der Waals surface area contributed by atoms with Crippen LogP contribution in [0.4, 0.5) is 0 Å². The van der Waals surface area contributed by atoms with Gasteiger partial charge < -0.3 is 34.1 Å². The standard InChI is InChI=1S/C30H41N3O6/c1-32-28(20-11-12-23(36-2)24(17-20)37-3)27(21-18-25(38-4)26(39-5)19-22(21)30(32)35)29(34)31-13-10-16-33-14-8-6-7-9-15-33/h11-12,17-19,27-28H,6-10,13-16H2,1-5H3,(H,31,34). The molecule has 212 valence electrons. The van der Waals surface area contributed by atoms with Crippen LogP contribution in [0.1, 0.15) is 65.5 Å². The van der Waals surface area contributed by atoms with Crippen molar-refractivity contribution in [2.45, 2.75) is 44.1 Å². The number of hydrogen-bond donors (Lipinski definition) is 1. The number of nitrogens with one attached hydrogen (secondary N) is 1. The first-order valence-electron chi connectivity index (χ1n) is 13.7. The number of rotatable bonds is 10. The summed E-state index contributed by atoms with van der Waals surface area (Å²) >= 11 is 0. The normalized spacial score (nSPS) is 19.6. The molecule has 2 atom stereocenters. The topological polar surface area (TPSA) is 89.6 Å². The van der Waals surface area contributed by atoms with Crippen LogP contribution in [-0.4, -0.2) is 83.3 Å². The zero-order valence-electron chi connectivity index (χ0n) is 23.7. The second kappa shape index (κ2) is 13.1. The first-order valence-corrected chi connectivity index (χ1v) is 13.7. The lowest BCUT2D eigenvalue weighted by Gasteiger charge is -2.40. The monoisotopic (exact) mass is 539 g/mol. The number of likely N-dealkylation sites (N-methyl/N-ethyl adjacent to an activating group) is 1. The lowest BCUT2D eigenvalue weighted by atomic mass is 9.79. The third kappa shape index (κ3) is 6.08. The smallest absolute Gasteiger partial charge is 0.254 e. The Morgan fingerprint density at radius 3 is 2.13 bits per heavy atom. The van der Waals surface area contributed by atoms with Crippen LogP contribution in [-0.2, 0) is 4.79 Å². The quantitative estimate of drug-likeness (QED) is 0.456. The Balaban J connectivity index is 1.66. The highest BCUT2D eigenvalue weighted by Gasteiger charge is 2.43. The van der Waals surface area contributed by atoms with Crippen LogP contribution in [0, 0.1) is 0 Å². The Morgan fingerprint density at radius 1 is 0.872 bits per heavy atom. The summed E-state index contributed by atoms with van der Waals surface area (Å²) in [5, 5.41) is 3.17. The average molecular weight is 540 g/mol. The summed E-state index contributed by atoms with van der Waals surface area (Å²) in [7, 11) is 7.94. The number of hydrogen-bond acceptors (Lipinski definition) is 7. The Morgan fingerprint density at radius 2 is 1.49 bits per heavy atom. The number of fused-ring (bicyclic) bond motifs is 1. The molecule has 0 aromatic heterocycles. The molecule has 0 aliphatic carbocycles. The van der Waals surface area contributed by atoms with E-state index in [4.69, 9.17) is 18.9 Å². The molecule has 1 fully saturated rings. The summed E-state index contributed by atoms with van der Waals surface area (Å²) in [5.74, 6) is 1.02. The minimum Gasteiger partial charge on any atom is -0.493 e. The maximum absolute atomic E-state index is 13.9. The second-order valence-corrected chi connectivity index (χ2v) is 10.1. The highest BCUT2D eigenvalue weighted by molar-refractivity contribution is 6.02. The van der Waals surface area contributed by atoms with Crippen LogP contribution >= 0.6 is 0 Å². The van der Waals surface area contributed by atoms with Gasteiger partial charge in [-0.2, -0.15) is 0 Å². The van der Waals surface area contributed by atoms with Crippen molar-refractivity contribution in [2.75, 3.05) is 61.7 Å². The van der Waals surface area contributed by atoms with Gasteiger partial charge in [-0.05, 0) is 74.3 Å². The summed E-state index contributed by atoms with van der Waals surface area (Å²) in [5.41, 5.74) is 1.81. The molecule has 0 bridgehead atoms. The van der Waals surface area contributed by atoms with Crippen LogP contribution in [0.25, 0.3) is 0 Å². The predicted octanol–water partition coefficient (Wildman–Crippen LogP) is 4.01. The summed E-state index contributed by atoms with van der Waals surface area (Å²) in [6, 6.07) is 8.37. The number of carbonyl (C=O) groups excluding carboxylic acids is 2. The number of carbonyl (C=O) groups is 2. The molecule has 0 radical (unpaired) electrons. The molecule has 9 heteroatoms. The molecule has 2 amide bonds. The van der Waals surface area contributed by atoms with Gasteiger partial charge in [0.15, 0.2) is 23.0 Å². The number of amides is 2. The van der Waals surface area contributed by atoms with Crippen molar-refractivity contribution >= 4 is 11.8 Å². The maximum Gasteiger partial charge on any atom is 0.254 e. The van der Waals surface area contributed by atoms with Crippen LogP contribution in [0.2, 0.25) is 0 Å². The van der Waals surface area contributed by atoms with Gasteiger partial charge in [0, 0.05) is 19.2 Å². The highest BCUT2D eigenvalue weighted by Crippen LogP contribution is 2.46. The first kappa shape index (κ1) is 28.5. The van der Waals surface area contributed by atoms with Crippen LogP contribution in [0.3, 0.4) is 0 Å². The molecule has 2 aliphatic heterocycles. The molecule has 0 saturated carbocycles. The number of likely N-dealkylation sites (tertiary alicyclic amines) is 1. The zero-order valence-corrected chi connectivity index (χ0v) is 23.7. The van der Waals surface area contributed by atoms with Gasteiger partial charge in [0.05, 0.1) is 40.4 Å². The molecule has 2 aliphatic rings. The Hall–Kier alpha value is -3.46. The third-order valence-electron chi connectivity index (χ3n) is 7.86. The van der Waals surface area contributed by atoms with E-state index in [0.29, 0.717) is 40.7 Å². The lowest BCUT2D eigenvalue weighted by Crippen LogP contribution is -2.46. The minimum absolute atomic E-state index is 0.140. The number of methoxy groups -OCH3 is 4. The Labute approximate surface area is 231 Å². The fourth-order valence-electron chi connectivity index (χ4n) is 5.77. The highest BCUT2D eigenvalue weighted by atomic mass is 16.5. The largest absolute Gasteiger partial charge is 0.493 e. The predicted molar refractivity (Wildman–Crippen MR) is 149 cm³/mol. The van der Waals surface area contributed by atoms with E-state index < -0.39 is 12.0 Å². The van der Waals surface area contributed by atoms with E-state index in [-0.39, 0.29) is 11.8 Å². The van der Waals surface area contributed by atoms with E-state index in [9.17, 15) is 9.59 Å². The minimum atomic E-state index is -0.668. The van der Waals surface area contributed by atoms with E-state index in [1.807, 2.05) is 12.1 Å². The van der Waals surface area contributed by atoms with Gasteiger partial charge in [-0.1, -0.05) is 18.9 Å². The van der Waals surface area contributed by atoms with Gasteiger partial charge in [-0.3, -0.25) is 9.59 Å². The number of ether oxygens (including phenoxy) is 4. The number of nitrogens with zero attached hydrogens (tertiary/aromatic N) is 2. The summed E-state index contributed by atoms with van der Waals surface area (Å²) in [6.45, 7) is 3.77. The van der Waals surface area contributed by atoms with Crippen molar-refractivity contribution in [1.29, 1.82) is 0 Å². The summed E-state index contributed by atoms with van der Waals surface area (Å²) < 4.78 is 22.0. The lowest BCUT2D eigenvalue weighted by molar-refractivity contribution is -0.124. The van der Waals surface area contributed by atoms with Crippen LogP contribution < -0.4 is 24.3 Å². The Bertz CT molecular complexity index is 1160. The summed E-state index contributed by atoms with van der Waals surface area (Å²) in [4.78, 5) is 31.7. The molecule has 4 rings (SSSR count). The second-order valence-electron chi connectivity index (χ2n) is 10.1. The maximum atomic E-state index is 13.9. The molecule has 1 saturated heterocycles.